The van der Waals surface area contributed by atoms with Crippen molar-refractivity contribution in [3.8, 4) is 0 Å². The number of nitrogens with one attached hydrogen (secondary N) is 2. The predicted molar refractivity (Wildman–Crippen MR) is 92.1 cm³/mol. The van der Waals surface area contributed by atoms with Crippen LogP contribution in [0.3, 0.4) is 0 Å². The number of hydrogen-bond acceptors (Lipinski definition) is 5. The summed E-state index contributed by atoms with van der Waals surface area (Å²) in [7, 11) is 0. The third-order valence-corrected chi connectivity index (χ3v) is 3.52. The first kappa shape index (κ1) is 15.0. The molecule has 0 aliphatic heterocycles. The van der Waals surface area contributed by atoms with Gasteiger partial charge < -0.3 is 10.6 Å². The van der Waals surface area contributed by atoms with Gasteiger partial charge in [-0.25, -0.2) is 4.98 Å². The van der Waals surface area contributed by atoms with Crippen LogP contribution in [0.5, 0.6) is 0 Å². The van der Waals surface area contributed by atoms with Crippen molar-refractivity contribution in [2.75, 3.05) is 10.6 Å². The smallest absolute Gasteiger partial charge is 0.224 e. The molecule has 5 heteroatoms. The molecule has 2 heterocycles. The zero-order valence-corrected chi connectivity index (χ0v) is 13.0. The van der Waals surface area contributed by atoms with Crippen LogP contribution >= 0.6 is 0 Å². The second-order valence-corrected chi connectivity index (χ2v) is 5.25. The minimum absolute atomic E-state index is 0.180. The number of nitrogens with zero attached hydrogens (tertiary/aromatic N) is 3. The van der Waals surface area contributed by atoms with Gasteiger partial charge >= 0.3 is 0 Å². The van der Waals surface area contributed by atoms with Crippen molar-refractivity contribution < 1.29 is 0 Å². The Labute approximate surface area is 135 Å². The van der Waals surface area contributed by atoms with Gasteiger partial charge in [-0.1, -0.05) is 30.3 Å². The summed E-state index contributed by atoms with van der Waals surface area (Å²) < 4.78 is 0. The highest BCUT2D eigenvalue weighted by molar-refractivity contribution is 5.42. The minimum Gasteiger partial charge on any atom is -0.363 e. The van der Waals surface area contributed by atoms with Crippen LogP contribution in [-0.4, -0.2) is 15.0 Å². The molecule has 0 spiro atoms. The second kappa shape index (κ2) is 7.35. The molecule has 0 aliphatic rings. The molecule has 0 saturated carbocycles. The van der Waals surface area contributed by atoms with E-state index in [1.54, 1.807) is 18.6 Å². The van der Waals surface area contributed by atoms with E-state index >= 15 is 0 Å². The average molecular weight is 305 g/mol. The van der Waals surface area contributed by atoms with Crippen LogP contribution in [-0.2, 0) is 6.54 Å². The Kier molecular flexibility index (Phi) is 4.79. The monoisotopic (exact) mass is 305 g/mol. The lowest BCUT2D eigenvalue weighted by Gasteiger charge is -2.15. The van der Waals surface area contributed by atoms with E-state index in [0.29, 0.717) is 12.5 Å². The molecule has 0 radical (unpaired) electrons. The van der Waals surface area contributed by atoms with Crippen molar-refractivity contribution in [3.63, 3.8) is 0 Å². The lowest BCUT2D eigenvalue weighted by molar-refractivity contribution is 0.871. The maximum Gasteiger partial charge on any atom is 0.224 e. The molecular formula is C18H19N5. The van der Waals surface area contributed by atoms with Crippen LogP contribution < -0.4 is 10.6 Å². The number of rotatable bonds is 6. The Morgan fingerprint density at radius 3 is 2.52 bits per heavy atom. The molecule has 1 aromatic carbocycles. The summed E-state index contributed by atoms with van der Waals surface area (Å²) in [4.78, 5) is 12.8. The summed E-state index contributed by atoms with van der Waals surface area (Å²) in [6.45, 7) is 2.78. The van der Waals surface area contributed by atoms with Gasteiger partial charge in [0.1, 0.15) is 5.82 Å². The fourth-order valence-corrected chi connectivity index (χ4v) is 2.25. The molecule has 2 aromatic heterocycles. The molecular weight excluding hydrogens is 286 g/mol. The molecule has 3 rings (SSSR count). The SMILES string of the molecule is CC(Nc1ccnc(NCc2ccncc2)n1)c1ccccc1. The largest absolute Gasteiger partial charge is 0.363 e. The molecule has 23 heavy (non-hydrogen) atoms. The predicted octanol–water partition coefficient (Wildman–Crippen LogP) is 3.66. The highest BCUT2D eigenvalue weighted by atomic mass is 15.1. The van der Waals surface area contributed by atoms with Crippen molar-refractivity contribution >= 4 is 11.8 Å². The van der Waals surface area contributed by atoms with Gasteiger partial charge in [0.15, 0.2) is 0 Å². The van der Waals surface area contributed by atoms with Crippen LogP contribution in [0.1, 0.15) is 24.1 Å². The Morgan fingerprint density at radius 2 is 1.74 bits per heavy atom. The summed E-state index contributed by atoms with van der Waals surface area (Å²) in [6, 6.07) is 16.3. The van der Waals surface area contributed by atoms with E-state index in [-0.39, 0.29) is 6.04 Å². The van der Waals surface area contributed by atoms with Gasteiger partial charge in [-0.05, 0) is 36.2 Å². The normalized spacial score (nSPS) is 11.7. The Morgan fingerprint density at radius 1 is 0.957 bits per heavy atom. The molecule has 1 atom stereocenters. The van der Waals surface area contributed by atoms with Crippen molar-refractivity contribution in [1.29, 1.82) is 0 Å². The van der Waals surface area contributed by atoms with Gasteiger partial charge in [-0.15, -0.1) is 0 Å². The summed E-state index contributed by atoms with van der Waals surface area (Å²) >= 11 is 0. The van der Waals surface area contributed by atoms with E-state index in [0.717, 1.165) is 11.4 Å². The number of anilines is 2. The maximum absolute atomic E-state index is 4.50. The fraction of sp³-hybridized carbons (Fsp3) is 0.167. The summed E-state index contributed by atoms with van der Waals surface area (Å²) in [5, 5.41) is 6.62. The third-order valence-electron chi connectivity index (χ3n) is 3.52. The van der Waals surface area contributed by atoms with Gasteiger partial charge in [0.05, 0.1) is 0 Å². The van der Waals surface area contributed by atoms with E-state index in [1.165, 1.54) is 5.56 Å². The Balaban J connectivity index is 1.63. The first-order chi connectivity index (χ1) is 11.3. The molecule has 3 aromatic rings. The van der Waals surface area contributed by atoms with Gasteiger partial charge in [0, 0.05) is 31.2 Å². The Bertz CT molecular complexity index is 731. The van der Waals surface area contributed by atoms with Crippen molar-refractivity contribution in [2.45, 2.75) is 19.5 Å². The maximum atomic E-state index is 4.50. The summed E-state index contributed by atoms with van der Waals surface area (Å²) in [5.74, 6) is 1.40. The van der Waals surface area contributed by atoms with E-state index in [2.05, 4.69) is 44.6 Å². The first-order valence-corrected chi connectivity index (χ1v) is 7.58. The van der Waals surface area contributed by atoms with Crippen LogP contribution in [0.2, 0.25) is 0 Å². The highest BCUT2D eigenvalue weighted by Crippen LogP contribution is 2.17. The second-order valence-electron chi connectivity index (χ2n) is 5.25. The first-order valence-electron chi connectivity index (χ1n) is 7.58. The molecule has 0 aliphatic carbocycles. The number of benzene rings is 1. The van der Waals surface area contributed by atoms with E-state index in [9.17, 15) is 0 Å². The van der Waals surface area contributed by atoms with Crippen LogP contribution in [0, 0.1) is 0 Å². The number of pyridine rings is 1. The van der Waals surface area contributed by atoms with E-state index in [1.807, 2.05) is 36.4 Å². The van der Waals surface area contributed by atoms with Crippen molar-refractivity contribution in [2.24, 2.45) is 0 Å². The van der Waals surface area contributed by atoms with Crippen LogP contribution in [0.25, 0.3) is 0 Å². The topological polar surface area (TPSA) is 62.7 Å². The molecule has 0 fully saturated rings. The summed E-state index contributed by atoms with van der Waals surface area (Å²) in [6.07, 6.45) is 5.30. The lowest BCUT2D eigenvalue weighted by Crippen LogP contribution is -2.10. The highest BCUT2D eigenvalue weighted by Gasteiger charge is 2.06. The van der Waals surface area contributed by atoms with E-state index in [4.69, 9.17) is 0 Å². The number of aromatic nitrogens is 3. The molecule has 0 amide bonds. The molecule has 0 saturated heterocycles. The molecule has 5 nitrogen and oxygen atoms in total. The van der Waals surface area contributed by atoms with Crippen LogP contribution in [0.4, 0.5) is 11.8 Å². The van der Waals surface area contributed by atoms with Crippen molar-refractivity contribution in [3.05, 3.63) is 78.2 Å². The quantitative estimate of drug-likeness (QED) is 0.727. The Hall–Kier alpha value is -2.95. The molecule has 1 unspecified atom stereocenters. The van der Waals surface area contributed by atoms with Gasteiger partial charge in [-0.3, -0.25) is 4.98 Å². The fourth-order valence-electron chi connectivity index (χ4n) is 2.25. The van der Waals surface area contributed by atoms with Gasteiger partial charge in [0.25, 0.3) is 0 Å². The lowest BCUT2D eigenvalue weighted by atomic mass is 10.1. The van der Waals surface area contributed by atoms with Gasteiger partial charge in [0.2, 0.25) is 5.95 Å². The molecule has 0 bridgehead atoms. The van der Waals surface area contributed by atoms with Crippen LogP contribution in [0.15, 0.2) is 67.1 Å². The number of hydrogen-bond donors (Lipinski definition) is 2. The molecule has 2 N–H and O–H groups in total. The zero-order chi connectivity index (χ0) is 15.9. The standard InChI is InChI=1S/C18H19N5/c1-14(16-5-3-2-4-6-16)22-17-9-12-20-18(23-17)21-13-15-7-10-19-11-8-15/h2-12,14H,13H2,1H3,(H2,20,21,22,23). The molecule has 116 valence electrons. The zero-order valence-electron chi connectivity index (χ0n) is 13.0. The average Bonchev–Trinajstić information content (AvgIpc) is 2.62. The van der Waals surface area contributed by atoms with Crippen molar-refractivity contribution in [1.82, 2.24) is 15.0 Å². The van der Waals surface area contributed by atoms with Gasteiger partial charge in [-0.2, -0.15) is 4.98 Å². The summed E-state index contributed by atoms with van der Waals surface area (Å²) in [5.41, 5.74) is 2.36. The third kappa shape index (κ3) is 4.26. The minimum atomic E-state index is 0.180. The van der Waals surface area contributed by atoms with E-state index < -0.39 is 0 Å².